The van der Waals surface area contributed by atoms with Crippen molar-refractivity contribution in [2.45, 2.75) is 25.3 Å². The fourth-order valence-electron chi connectivity index (χ4n) is 0.509. The monoisotopic (exact) mass is 197 g/mol. The molecule has 72 valence electrons. The molecule has 0 rings (SSSR count). The van der Waals surface area contributed by atoms with Crippen molar-refractivity contribution in [1.29, 1.82) is 0 Å². The van der Waals surface area contributed by atoms with Crippen molar-refractivity contribution >= 4 is 16.1 Å². The van der Waals surface area contributed by atoms with Gasteiger partial charge in [-0.2, -0.15) is 8.42 Å². The average Bonchev–Trinajstić information content (AvgIpc) is 1.85. The van der Waals surface area contributed by atoms with Crippen LogP contribution >= 0.6 is 0 Å². The molecule has 0 aliphatic heterocycles. The summed E-state index contributed by atoms with van der Waals surface area (Å²) in [6.45, 7) is 2.44. The number of carboxylic acid groups (broad SMARTS) is 1. The fourth-order valence-corrected chi connectivity index (χ4v) is 0.885. The van der Waals surface area contributed by atoms with Crippen molar-refractivity contribution in [3.8, 4) is 0 Å². The zero-order valence-electron chi connectivity index (χ0n) is 6.68. The molecule has 3 N–H and O–H groups in total. The van der Waals surface area contributed by atoms with Gasteiger partial charge in [0, 0.05) is 0 Å². The maximum Gasteiger partial charge on any atom is 0.320 e. The lowest BCUT2D eigenvalue weighted by molar-refractivity contribution is -0.139. The van der Waals surface area contributed by atoms with Crippen LogP contribution in [0, 0.1) is 0 Å². The molecule has 0 aliphatic carbocycles. The van der Waals surface area contributed by atoms with E-state index >= 15 is 0 Å². The highest BCUT2D eigenvalue weighted by atomic mass is 32.2. The average molecular weight is 197 g/mol. The van der Waals surface area contributed by atoms with Crippen LogP contribution in [-0.2, 0) is 14.9 Å². The Morgan fingerprint density at radius 3 is 2.08 bits per heavy atom. The predicted molar refractivity (Wildman–Crippen MR) is 41.2 cm³/mol. The Balaban J connectivity index is 4.20. The molecular formula is C5H11NO5S. The third-order valence-electron chi connectivity index (χ3n) is 1.30. The highest BCUT2D eigenvalue weighted by Gasteiger charge is 2.21. The van der Waals surface area contributed by atoms with E-state index in [0.717, 1.165) is 6.92 Å². The molecule has 0 aliphatic rings. The van der Waals surface area contributed by atoms with E-state index in [9.17, 15) is 13.2 Å². The summed E-state index contributed by atoms with van der Waals surface area (Å²) in [5.41, 5.74) is 0. The second-order valence-electron chi connectivity index (χ2n) is 2.38. The van der Waals surface area contributed by atoms with Crippen LogP contribution in [0.15, 0.2) is 0 Å². The van der Waals surface area contributed by atoms with Crippen LogP contribution in [-0.4, -0.2) is 35.5 Å². The number of hydrogen-bond donors (Lipinski definition) is 3. The van der Waals surface area contributed by atoms with E-state index in [1.807, 2.05) is 0 Å². The molecule has 0 spiro atoms. The predicted octanol–water partition coefficient (Wildman–Crippen LogP) is -0.717. The number of carboxylic acids is 1. The molecule has 0 aromatic carbocycles. The Morgan fingerprint density at radius 2 is 1.83 bits per heavy atom. The second-order valence-corrected chi connectivity index (χ2v) is 4.12. The van der Waals surface area contributed by atoms with Crippen molar-refractivity contribution in [3.63, 3.8) is 0 Å². The molecule has 2 unspecified atom stereocenters. The van der Waals surface area contributed by atoms with E-state index < -0.39 is 27.5 Å². The maximum absolute atomic E-state index is 10.4. The van der Waals surface area contributed by atoms with Gasteiger partial charge in [-0.05, 0) is 13.8 Å². The lowest BCUT2D eigenvalue weighted by Crippen LogP contribution is -2.43. The van der Waals surface area contributed by atoms with Crippen LogP contribution in [0.2, 0.25) is 0 Å². The van der Waals surface area contributed by atoms with Crippen LogP contribution in [0.25, 0.3) is 0 Å². The quantitative estimate of drug-likeness (QED) is 0.514. The highest BCUT2D eigenvalue weighted by molar-refractivity contribution is 7.86. The Bertz CT molecular complexity index is 259. The number of carbonyl (C=O) groups is 1. The summed E-state index contributed by atoms with van der Waals surface area (Å²) >= 11 is 0. The third-order valence-corrected chi connectivity index (χ3v) is 2.33. The number of rotatable bonds is 4. The molecule has 0 bridgehead atoms. The third kappa shape index (κ3) is 3.65. The number of nitrogens with one attached hydrogen (secondary N) is 1. The van der Waals surface area contributed by atoms with Crippen LogP contribution < -0.4 is 5.32 Å². The molecule has 0 radical (unpaired) electrons. The fraction of sp³-hybridized carbons (Fsp3) is 0.800. The van der Waals surface area contributed by atoms with E-state index in [2.05, 4.69) is 5.32 Å². The van der Waals surface area contributed by atoms with Gasteiger partial charge in [-0.3, -0.25) is 14.7 Å². The first kappa shape index (κ1) is 11.3. The van der Waals surface area contributed by atoms with Crippen molar-refractivity contribution in [2.24, 2.45) is 0 Å². The summed E-state index contributed by atoms with van der Waals surface area (Å²) in [6, 6.07) is -1.01. The van der Waals surface area contributed by atoms with Gasteiger partial charge in [0.25, 0.3) is 10.1 Å². The van der Waals surface area contributed by atoms with E-state index in [0.29, 0.717) is 0 Å². The molecular weight excluding hydrogens is 186 g/mol. The van der Waals surface area contributed by atoms with Crippen LogP contribution in [0.5, 0.6) is 0 Å². The zero-order valence-corrected chi connectivity index (χ0v) is 7.50. The Labute approximate surface area is 70.3 Å². The molecule has 12 heavy (non-hydrogen) atoms. The molecule has 0 amide bonds. The standard InChI is InChI=1S/C5H11NO5S/c1-3(5(7)8)6-4(2)12(9,10)11/h3-4,6H,1-2H3,(H,7,8)(H,9,10,11). The van der Waals surface area contributed by atoms with Crippen molar-refractivity contribution in [2.75, 3.05) is 0 Å². The molecule has 0 fully saturated rings. The summed E-state index contributed by atoms with van der Waals surface area (Å²) < 4.78 is 29.2. The first-order valence-electron chi connectivity index (χ1n) is 3.20. The molecule has 2 atom stereocenters. The summed E-state index contributed by atoms with van der Waals surface area (Å²) in [5.74, 6) is -1.18. The van der Waals surface area contributed by atoms with Gasteiger partial charge in [0.15, 0.2) is 0 Å². The van der Waals surface area contributed by atoms with E-state index in [4.69, 9.17) is 9.66 Å². The molecule has 0 aromatic rings. The van der Waals surface area contributed by atoms with Gasteiger partial charge in [-0.1, -0.05) is 0 Å². The Kier molecular flexibility index (Phi) is 3.62. The van der Waals surface area contributed by atoms with Crippen molar-refractivity contribution in [3.05, 3.63) is 0 Å². The van der Waals surface area contributed by atoms with Crippen molar-refractivity contribution < 1.29 is 22.9 Å². The highest BCUT2D eigenvalue weighted by Crippen LogP contribution is 1.94. The topological polar surface area (TPSA) is 104 Å². The molecule has 0 saturated carbocycles. The zero-order chi connectivity index (χ0) is 9.94. The number of aliphatic carboxylic acids is 1. The first-order valence-corrected chi connectivity index (χ1v) is 4.70. The lowest BCUT2D eigenvalue weighted by atomic mass is 10.3. The molecule has 0 heterocycles. The van der Waals surface area contributed by atoms with E-state index in [-0.39, 0.29) is 0 Å². The summed E-state index contributed by atoms with van der Waals surface area (Å²) in [5, 5.41) is 9.26. The normalized spacial score (nSPS) is 16.9. The summed E-state index contributed by atoms with van der Waals surface area (Å²) in [6.07, 6.45) is 0. The van der Waals surface area contributed by atoms with Crippen molar-refractivity contribution in [1.82, 2.24) is 5.32 Å². The first-order chi connectivity index (χ1) is 5.25. The minimum Gasteiger partial charge on any atom is -0.480 e. The van der Waals surface area contributed by atoms with Gasteiger partial charge in [-0.25, -0.2) is 0 Å². The minimum absolute atomic E-state index is 1.01. The maximum atomic E-state index is 10.4. The summed E-state index contributed by atoms with van der Waals surface area (Å²) in [4.78, 5) is 10.2. The molecule has 0 saturated heterocycles. The van der Waals surface area contributed by atoms with Gasteiger partial charge in [0.05, 0.1) is 0 Å². The van der Waals surface area contributed by atoms with Crippen LogP contribution in [0.4, 0.5) is 0 Å². The van der Waals surface area contributed by atoms with Crippen LogP contribution in [0.1, 0.15) is 13.8 Å². The Morgan fingerprint density at radius 1 is 1.42 bits per heavy atom. The SMILES string of the molecule is CC(NC(C)S(=O)(=O)O)C(=O)O. The molecule has 7 heteroatoms. The number of hydrogen-bond acceptors (Lipinski definition) is 4. The Hall–Kier alpha value is -0.660. The van der Waals surface area contributed by atoms with Crippen LogP contribution in [0.3, 0.4) is 0 Å². The smallest absolute Gasteiger partial charge is 0.320 e. The van der Waals surface area contributed by atoms with Gasteiger partial charge in [0.2, 0.25) is 0 Å². The van der Waals surface area contributed by atoms with Gasteiger partial charge < -0.3 is 5.11 Å². The van der Waals surface area contributed by atoms with E-state index in [1.165, 1.54) is 6.92 Å². The molecule has 6 nitrogen and oxygen atoms in total. The minimum atomic E-state index is -4.21. The summed E-state index contributed by atoms with van der Waals surface area (Å²) in [7, 11) is -4.21. The van der Waals surface area contributed by atoms with Gasteiger partial charge >= 0.3 is 5.97 Å². The van der Waals surface area contributed by atoms with Gasteiger partial charge in [-0.15, -0.1) is 0 Å². The second kappa shape index (κ2) is 3.83. The molecule has 0 aromatic heterocycles. The van der Waals surface area contributed by atoms with Gasteiger partial charge in [0.1, 0.15) is 11.4 Å². The lowest BCUT2D eigenvalue weighted by Gasteiger charge is -2.13. The van der Waals surface area contributed by atoms with E-state index in [1.54, 1.807) is 0 Å². The largest absolute Gasteiger partial charge is 0.480 e.